The van der Waals surface area contributed by atoms with E-state index < -0.39 is 0 Å². The maximum Gasteiger partial charge on any atom is 0.256 e. The Bertz CT molecular complexity index is 1130. The molecule has 7 nitrogen and oxygen atoms in total. The number of carbonyl (C=O) groups excluding carboxylic acids is 1. The molecule has 4 rings (SSSR count). The second kappa shape index (κ2) is 8.02. The van der Waals surface area contributed by atoms with Crippen molar-refractivity contribution in [2.45, 2.75) is 13.5 Å². The second-order valence-corrected chi connectivity index (χ2v) is 6.57. The van der Waals surface area contributed by atoms with Crippen molar-refractivity contribution in [1.29, 1.82) is 0 Å². The van der Waals surface area contributed by atoms with Crippen molar-refractivity contribution in [3.63, 3.8) is 0 Å². The molecule has 0 unspecified atom stereocenters. The minimum absolute atomic E-state index is 0.160. The van der Waals surface area contributed by atoms with Gasteiger partial charge < -0.3 is 9.42 Å². The van der Waals surface area contributed by atoms with Gasteiger partial charge in [-0.05, 0) is 36.2 Å². The predicted molar refractivity (Wildman–Crippen MR) is 108 cm³/mol. The van der Waals surface area contributed by atoms with Crippen LogP contribution in [0.4, 0.5) is 0 Å². The highest BCUT2D eigenvalue weighted by Crippen LogP contribution is 2.26. The lowest BCUT2D eigenvalue weighted by Gasteiger charge is -2.18. The minimum atomic E-state index is -0.160. The Hall–Kier alpha value is -3.87. The molecule has 3 aromatic heterocycles. The molecule has 29 heavy (non-hydrogen) atoms. The molecule has 0 aliphatic heterocycles. The summed E-state index contributed by atoms with van der Waals surface area (Å²) in [6.07, 6.45) is 3.38. The zero-order chi connectivity index (χ0) is 20.2. The summed E-state index contributed by atoms with van der Waals surface area (Å²) in [5, 5.41) is 3.96. The van der Waals surface area contributed by atoms with Crippen LogP contribution in [0.1, 0.15) is 21.9 Å². The lowest BCUT2D eigenvalue weighted by atomic mass is 9.98. The Morgan fingerprint density at radius 3 is 2.55 bits per heavy atom. The van der Waals surface area contributed by atoms with Crippen LogP contribution in [0, 0.1) is 6.92 Å². The summed E-state index contributed by atoms with van der Waals surface area (Å²) in [6.45, 7) is 2.01. The first-order chi connectivity index (χ1) is 14.1. The Labute approximate surface area is 168 Å². The highest BCUT2D eigenvalue weighted by atomic mass is 16.5. The van der Waals surface area contributed by atoms with E-state index in [0.29, 0.717) is 28.7 Å². The summed E-state index contributed by atoms with van der Waals surface area (Å²) in [7, 11) is 1.70. The lowest BCUT2D eigenvalue weighted by molar-refractivity contribution is 0.0769. The van der Waals surface area contributed by atoms with Gasteiger partial charge in [-0.3, -0.25) is 14.8 Å². The molecule has 0 spiro atoms. The van der Waals surface area contributed by atoms with Gasteiger partial charge in [-0.2, -0.15) is 4.98 Å². The smallest absolute Gasteiger partial charge is 0.256 e. The number of benzene rings is 1. The van der Waals surface area contributed by atoms with Gasteiger partial charge >= 0.3 is 0 Å². The van der Waals surface area contributed by atoms with Crippen molar-refractivity contribution < 1.29 is 9.32 Å². The molecule has 0 fully saturated rings. The van der Waals surface area contributed by atoms with Gasteiger partial charge in [-0.1, -0.05) is 41.6 Å². The Balaban J connectivity index is 1.59. The first-order valence-corrected chi connectivity index (χ1v) is 9.14. The van der Waals surface area contributed by atoms with Crippen molar-refractivity contribution in [3.8, 4) is 22.6 Å². The van der Waals surface area contributed by atoms with E-state index in [2.05, 4.69) is 20.1 Å². The number of rotatable bonds is 5. The first kappa shape index (κ1) is 18.5. The minimum Gasteiger partial charge on any atom is -0.337 e. The zero-order valence-electron chi connectivity index (χ0n) is 16.1. The van der Waals surface area contributed by atoms with Gasteiger partial charge in [0, 0.05) is 19.4 Å². The molecule has 3 heterocycles. The van der Waals surface area contributed by atoms with Crippen LogP contribution in [-0.2, 0) is 6.54 Å². The van der Waals surface area contributed by atoms with Gasteiger partial charge in [0.1, 0.15) is 12.2 Å². The number of amides is 1. The van der Waals surface area contributed by atoms with Crippen LogP contribution in [0.2, 0.25) is 0 Å². The maximum absolute atomic E-state index is 13.2. The molecule has 7 heteroatoms. The van der Waals surface area contributed by atoms with Crippen LogP contribution in [-0.4, -0.2) is 38.0 Å². The van der Waals surface area contributed by atoms with E-state index in [1.54, 1.807) is 30.4 Å². The number of carbonyl (C=O) groups is 1. The van der Waals surface area contributed by atoms with Crippen LogP contribution in [0.3, 0.4) is 0 Å². The molecule has 4 aromatic rings. The quantitative estimate of drug-likeness (QED) is 0.520. The summed E-state index contributed by atoms with van der Waals surface area (Å²) < 4.78 is 5.31. The van der Waals surface area contributed by atoms with Gasteiger partial charge in [0.05, 0.1) is 11.3 Å². The zero-order valence-corrected chi connectivity index (χ0v) is 16.1. The molecule has 0 aliphatic rings. The van der Waals surface area contributed by atoms with Crippen LogP contribution in [0.15, 0.2) is 71.5 Å². The molecule has 0 bridgehead atoms. The number of aryl methyl sites for hydroxylation is 1. The fourth-order valence-corrected chi connectivity index (χ4v) is 3.08. The first-order valence-electron chi connectivity index (χ1n) is 9.14. The number of hydrogen-bond donors (Lipinski definition) is 0. The normalized spacial score (nSPS) is 10.7. The molecule has 0 N–H and O–H groups in total. The molecule has 0 saturated heterocycles. The van der Waals surface area contributed by atoms with Gasteiger partial charge in [-0.25, -0.2) is 0 Å². The molecule has 0 radical (unpaired) electrons. The SMILES string of the molecule is Cc1nccc(-c2ccccc2)c1C(=O)N(C)Cc1nc(-c2ccccn2)no1. The fourth-order valence-electron chi connectivity index (χ4n) is 3.08. The van der Waals surface area contributed by atoms with Crippen LogP contribution in [0.5, 0.6) is 0 Å². The molecule has 144 valence electrons. The number of aromatic nitrogens is 4. The molecule has 1 aromatic carbocycles. The molecular formula is C22H19N5O2. The van der Waals surface area contributed by atoms with Crippen LogP contribution in [0.25, 0.3) is 22.6 Å². The highest BCUT2D eigenvalue weighted by Gasteiger charge is 2.22. The van der Waals surface area contributed by atoms with E-state index in [0.717, 1.165) is 11.1 Å². The number of hydrogen-bond acceptors (Lipinski definition) is 6. The van der Waals surface area contributed by atoms with Gasteiger partial charge in [0.2, 0.25) is 11.7 Å². The van der Waals surface area contributed by atoms with Crippen LogP contribution < -0.4 is 0 Å². The molecule has 0 atom stereocenters. The summed E-state index contributed by atoms with van der Waals surface area (Å²) >= 11 is 0. The largest absolute Gasteiger partial charge is 0.337 e. The average molecular weight is 385 g/mol. The van der Waals surface area contributed by atoms with Crippen molar-refractivity contribution in [3.05, 3.63) is 84.1 Å². The second-order valence-electron chi connectivity index (χ2n) is 6.57. The van der Waals surface area contributed by atoms with E-state index in [9.17, 15) is 4.79 Å². The summed E-state index contributed by atoms with van der Waals surface area (Å²) in [5.41, 5.74) is 3.65. The molecule has 0 aliphatic carbocycles. The van der Waals surface area contributed by atoms with E-state index in [1.165, 1.54) is 0 Å². The molecule has 1 amide bonds. The van der Waals surface area contributed by atoms with Crippen molar-refractivity contribution in [1.82, 2.24) is 25.0 Å². The van der Waals surface area contributed by atoms with E-state index in [-0.39, 0.29) is 12.5 Å². The van der Waals surface area contributed by atoms with Gasteiger partial charge in [0.25, 0.3) is 5.91 Å². The third-order valence-corrected chi connectivity index (χ3v) is 4.52. The topological polar surface area (TPSA) is 85.0 Å². The van der Waals surface area contributed by atoms with E-state index in [1.807, 2.05) is 55.5 Å². The third kappa shape index (κ3) is 3.89. The average Bonchev–Trinajstić information content (AvgIpc) is 3.23. The van der Waals surface area contributed by atoms with Crippen LogP contribution >= 0.6 is 0 Å². The highest BCUT2D eigenvalue weighted by molar-refractivity contribution is 6.01. The molecule has 0 saturated carbocycles. The predicted octanol–water partition coefficient (Wildman–Crippen LogP) is 3.77. The van der Waals surface area contributed by atoms with E-state index in [4.69, 9.17) is 4.52 Å². The standard InChI is InChI=1S/C22H19N5O2/c1-15-20(17(11-13-23-15)16-8-4-3-5-9-16)22(28)27(2)14-19-25-21(26-29-19)18-10-6-7-12-24-18/h3-13H,14H2,1-2H3. The summed E-state index contributed by atoms with van der Waals surface area (Å²) in [5.74, 6) is 0.570. The van der Waals surface area contributed by atoms with E-state index >= 15 is 0 Å². The third-order valence-electron chi connectivity index (χ3n) is 4.52. The monoisotopic (exact) mass is 385 g/mol. The van der Waals surface area contributed by atoms with Crippen molar-refractivity contribution in [2.24, 2.45) is 0 Å². The Morgan fingerprint density at radius 1 is 1.00 bits per heavy atom. The Kier molecular flexibility index (Phi) is 5.11. The Morgan fingerprint density at radius 2 is 1.79 bits per heavy atom. The van der Waals surface area contributed by atoms with Gasteiger partial charge in [0.15, 0.2) is 0 Å². The summed E-state index contributed by atoms with van der Waals surface area (Å²) in [6, 6.07) is 17.1. The van der Waals surface area contributed by atoms with Gasteiger partial charge in [-0.15, -0.1) is 0 Å². The molecular weight excluding hydrogens is 366 g/mol. The number of nitrogens with zero attached hydrogens (tertiary/aromatic N) is 5. The lowest BCUT2D eigenvalue weighted by Crippen LogP contribution is -2.28. The number of pyridine rings is 2. The maximum atomic E-state index is 13.2. The van der Waals surface area contributed by atoms with Crippen molar-refractivity contribution >= 4 is 5.91 Å². The summed E-state index contributed by atoms with van der Waals surface area (Å²) in [4.78, 5) is 27.6. The van der Waals surface area contributed by atoms with Crippen molar-refractivity contribution in [2.75, 3.05) is 7.05 Å². The fraction of sp³-hybridized carbons (Fsp3) is 0.136.